The maximum atomic E-state index is 12.5. The minimum absolute atomic E-state index is 0. The summed E-state index contributed by atoms with van der Waals surface area (Å²) in [5, 5.41) is 17.1. The van der Waals surface area contributed by atoms with Crippen molar-refractivity contribution in [3.63, 3.8) is 0 Å². The quantitative estimate of drug-likeness (QED) is 0.523. The number of H-pyrrole nitrogens is 1. The van der Waals surface area contributed by atoms with Gasteiger partial charge < -0.3 is 4.57 Å². The first-order valence-corrected chi connectivity index (χ1v) is 10.5. The van der Waals surface area contributed by atoms with E-state index in [1.165, 1.54) is 18.4 Å². The topological polar surface area (TPSA) is 76.5 Å². The van der Waals surface area contributed by atoms with E-state index in [0.29, 0.717) is 31.2 Å². The Bertz CT molecular complexity index is 957. The van der Waals surface area contributed by atoms with Crippen molar-refractivity contribution in [1.29, 1.82) is 0 Å². The molecule has 7 heteroatoms. The van der Waals surface area contributed by atoms with Crippen molar-refractivity contribution in [3.05, 3.63) is 41.6 Å². The molecular weight excluding hydrogens is 386 g/mol. The Morgan fingerprint density at radius 1 is 1.14 bits per heavy atom. The molecule has 1 N–H and O–H groups in total. The van der Waals surface area contributed by atoms with Crippen LogP contribution in [0.15, 0.2) is 24.4 Å². The lowest BCUT2D eigenvalue weighted by molar-refractivity contribution is -0.119. The first kappa shape index (κ1) is 21.5. The second-order valence-corrected chi connectivity index (χ2v) is 8.35. The second-order valence-electron chi connectivity index (χ2n) is 8.35. The summed E-state index contributed by atoms with van der Waals surface area (Å²) in [4.78, 5) is 12.5. The van der Waals surface area contributed by atoms with Crippen molar-refractivity contribution in [2.45, 2.75) is 71.3 Å². The van der Waals surface area contributed by atoms with Crippen molar-refractivity contribution in [1.82, 2.24) is 25.0 Å². The number of carbonyl (C=O) groups is 1. The van der Waals surface area contributed by atoms with Crippen LogP contribution in [0.5, 0.6) is 0 Å². The molecule has 156 valence electrons. The zero-order chi connectivity index (χ0) is 19.5. The van der Waals surface area contributed by atoms with Crippen LogP contribution in [0.2, 0.25) is 0 Å². The predicted molar refractivity (Wildman–Crippen MR) is 116 cm³/mol. The van der Waals surface area contributed by atoms with E-state index in [-0.39, 0.29) is 18.2 Å². The molecule has 1 fully saturated rings. The smallest absolute Gasteiger partial charge is 0.133 e. The second kappa shape index (κ2) is 9.53. The average molecular weight is 416 g/mol. The Hall–Kier alpha value is -2.21. The summed E-state index contributed by atoms with van der Waals surface area (Å²) in [5.41, 5.74) is 2.20. The molecule has 0 spiro atoms. The van der Waals surface area contributed by atoms with Gasteiger partial charge in [-0.25, -0.2) is 0 Å². The molecular formula is C22H30ClN5O. The number of hydrogen-bond donors (Lipinski definition) is 1. The third kappa shape index (κ3) is 5.24. The minimum Gasteiger partial charge on any atom is -0.312 e. The molecule has 1 aliphatic rings. The number of aryl methyl sites for hydroxylation is 3. The van der Waals surface area contributed by atoms with E-state index in [1.54, 1.807) is 0 Å². The number of carbonyl (C=O) groups excluding carboxylic acids is 1. The number of Topliss-reactive ketones (excluding diaryl/α,β-unsaturated/α-hetero) is 1. The maximum absolute atomic E-state index is 12.5. The van der Waals surface area contributed by atoms with Gasteiger partial charge in [-0.2, -0.15) is 5.10 Å². The van der Waals surface area contributed by atoms with E-state index >= 15 is 0 Å². The van der Waals surface area contributed by atoms with Gasteiger partial charge in [0.2, 0.25) is 0 Å². The van der Waals surface area contributed by atoms with Gasteiger partial charge in [-0.1, -0.05) is 26.0 Å². The van der Waals surface area contributed by atoms with Crippen LogP contribution < -0.4 is 0 Å². The number of aromatic amines is 1. The minimum atomic E-state index is 0. The highest BCUT2D eigenvalue weighted by Crippen LogP contribution is 2.37. The number of halogens is 1. The summed E-state index contributed by atoms with van der Waals surface area (Å²) >= 11 is 0. The summed E-state index contributed by atoms with van der Waals surface area (Å²) in [7, 11) is 0. The molecule has 4 rings (SSSR count). The molecule has 2 heterocycles. The highest BCUT2D eigenvalue weighted by Gasteiger charge is 2.29. The van der Waals surface area contributed by atoms with Gasteiger partial charge in [0, 0.05) is 37.1 Å². The first-order chi connectivity index (χ1) is 13.6. The van der Waals surface area contributed by atoms with Crippen LogP contribution in [0, 0.1) is 5.92 Å². The van der Waals surface area contributed by atoms with E-state index in [9.17, 15) is 4.79 Å². The lowest BCUT2D eigenvalue weighted by Gasteiger charge is -2.10. The summed E-state index contributed by atoms with van der Waals surface area (Å²) in [6, 6.07) is 6.66. The molecule has 1 aliphatic carbocycles. The van der Waals surface area contributed by atoms with Crippen LogP contribution >= 0.6 is 12.4 Å². The molecule has 0 amide bonds. The zero-order valence-electron chi connectivity index (χ0n) is 17.2. The first-order valence-electron chi connectivity index (χ1n) is 10.5. The van der Waals surface area contributed by atoms with E-state index in [0.717, 1.165) is 41.8 Å². The highest BCUT2D eigenvalue weighted by atomic mass is 35.5. The van der Waals surface area contributed by atoms with Crippen LogP contribution in [-0.4, -0.2) is 30.7 Å². The van der Waals surface area contributed by atoms with Gasteiger partial charge in [0.15, 0.2) is 0 Å². The molecule has 29 heavy (non-hydrogen) atoms. The Labute approximate surface area is 177 Å². The van der Waals surface area contributed by atoms with E-state index in [2.05, 4.69) is 44.9 Å². The Kier molecular flexibility index (Phi) is 7.06. The molecule has 0 unspecified atom stereocenters. The van der Waals surface area contributed by atoms with Crippen LogP contribution in [0.25, 0.3) is 10.9 Å². The molecule has 6 nitrogen and oxygen atoms in total. The van der Waals surface area contributed by atoms with Crippen molar-refractivity contribution >= 4 is 29.1 Å². The fraction of sp³-hybridized carbons (Fsp3) is 0.545. The van der Waals surface area contributed by atoms with Crippen LogP contribution in [0.3, 0.4) is 0 Å². The normalized spacial score (nSPS) is 13.8. The highest BCUT2D eigenvalue weighted by molar-refractivity contribution is 5.85. The van der Waals surface area contributed by atoms with Gasteiger partial charge in [0.25, 0.3) is 0 Å². The Morgan fingerprint density at radius 3 is 2.59 bits per heavy atom. The summed E-state index contributed by atoms with van der Waals surface area (Å²) in [6.45, 7) is 4.48. The Balaban J connectivity index is 0.00000240. The number of rotatable bonds is 10. The van der Waals surface area contributed by atoms with Gasteiger partial charge in [-0.05, 0) is 43.2 Å². The zero-order valence-corrected chi connectivity index (χ0v) is 18.0. The summed E-state index contributed by atoms with van der Waals surface area (Å²) in [6.07, 6.45) is 8.91. The maximum Gasteiger partial charge on any atom is 0.133 e. The molecule has 1 saturated carbocycles. The lowest BCUT2D eigenvalue weighted by Crippen LogP contribution is -2.09. The monoisotopic (exact) mass is 415 g/mol. The van der Waals surface area contributed by atoms with Crippen molar-refractivity contribution < 1.29 is 4.79 Å². The van der Waals surface area contributed by atoms with E-state index in [4.69, 9.17) is 0 Å². The summed E-state index contributed by atoms with van der Waals surface area (Å²) in [5.74, 6) is 3.04. The van der Waals surface area contributed by atoms with E-state index in [1.807, 2.05) is 18.3 Å². The Morgan fingerprint density at radius 2 is 1.86 bits per heavy atom. The largest absolute Gasteiger partial charge is 0.312 e. The third-order valence-electron chi connectivity index (χ3n) is 5.57. The number of hydrogen-bond acceptors (Lipinski definition) is 4. The molecule has 0 saturated heterocycles. The third-order valence-corrected chi connectivity index (χ3v) is 5.57. The van der Waals surface area contributed by atoms with Crippen LogP contribution in [-0.2, 0) is 24.1 Å². The van der Waals surface area contributed by atoms with Crippen molar-refractivity contribution in [3.8, 4) is 0 Å². The molecule has 1 aromatic carbocycles. The molecule has 0 atom stereocenters. The van der Waals surface area contributed by atoms with E-state index < -0.39 is 0 Å². The number of ketones is 1. The van der Waals surface area contributed by atoms with Crippen molar-refractivity contribution in [2.75, 3.05) is 0 Å². The molecule has 0 aliphatic heterocycles. The van der Waals surface area contributed by atoms with Gasteiger partial charge >= 0.3 is 0 Å². The number of fused-ring (bicyclic) bond motifs is 1. The molecule has 2 aromatic heterocycles. The van der Waals surface area contributed by atoms with Crippen molar-refractivity contribution in [2.24, 2.45) is 5.92 Å². The molecule has 0 radical (unpaired) electrons. The standard InChI is InChI=1S/C22H29N5O.ClH/c1-15(2)6-12-21-25-26-22(27(21)17-8-9-17)13-11-18(28)10-7-16-4-3-5-20-19(16)14-23-24-20;/h3-5,14-15,17H,6-13H2,1-2H3,(H,23,24);1H. The number of aromatic nitrogens is 5. The number of benzene rings is 1. The number of nitrogens with zero attached hydrogens (tertiary/aromatic N) is 4. The number of nitrogens with one attached hydrogen (secondary N) is 1. The molecule has 0 bridgehead atoms. The van der Waals surface area contributed by atoms with Gasteiger partial charge in [0.1, 0.15) is 17.4 Å². The average Bonchev–Trinajstić information content (AvgIpc) is 3.25. The van der Waals surface area contributed by atoms with Gasteiger partial charge in [0.05, 0.1) is 11.7 Å². The predicted octanol–water partition coefficient (Wildman–Crippen LogP) is 4.63. The summed E-state index contributed by atoms with van der Waals surface area (Å²) < 4.78 is 2.32. The fourth-order valence-corrected chi connectivity index (χ4v) is 3.77. The van der Waals surface area contributed by atoms with Gasteiger partial charge in [-0.3, -0.25) is 9.89 Å². The lowest BCUT2D eigenvalue weighted by atomic mass is 10.0. The SMILES string of the molecule is CC(C)CCc1nnc(CCC(=O)CCc2cccc3[nH]ncc23)n1C1CC1.Cl. The molecule has 3 aromatic rings. The van der Waals surface area contributed by atoms with Crippen LogP contribution in [0.4, 0.5) is 0 Å². The fourth-order valence-electron chi connectivity index (χ4n) is 3.77. The van der Waals surface area contributed by atoms with Gasteiger partial charge in [-0.15, -0.1) is 22.6 Å². The van der Waals surface area contributed by atoms with Crippen LogP contribution in [0.1, 0.15) is 69.2 Å².